The van der Waals surface area contributed by atoms with E-state index in [2.05, 4.69) is 6.92 Å². The predicted molar refractivity (Wildman–Crippen MR) is 70.0 cm³/mol. The summed E-state index contributed by atoms with van der Waals surface area (Å²) in [5.41, 5.74) is 3.36. The molecule has 0 N–H and O–H groups in total. The van der Waals surface area contributed by atoms with Crippen LogP contribution in [0.25, 0.3) is 5.70 Å². The molecule has 0 aliphatic carbocycles. The number of ether oxygens (including phenoxy) is 1. The Morgan fingerprint density at radius 3 is 2.94 bits per heavy atom. The molecule has 0 spiro atoms. The summed E-state index contributed by atoms with van der Waals surface area (Å²) in [5.74, 6) is 1.22. The fourth-order valence-electron chi connectivity index (χ4n) is 2.87. The van der Waals surface area contributed by atoms with E-state index >= 15 is 0 Å². The van der Waals surface area contributed by atoms with Gasteiger partial charge < -0.3 is 9.64 Å². The minimum Gasteiger partial charge on any atom is -0.488 e. The first-order chi connectivity index (χ1) is 8.72. The van der Waals surface area contributed by atoms with Crippen LogP contribution in [0, 0.1) is 5.92 Å². The van der Waals surface area contributed by atoms with E-state index in [1.807, 2.05) is 36.2 Å². The maximum atomic E-state index is 12.3. The van der Waals surface area contributed by atoms with Crippen molar-refractivity contribution in [1.29, 1.82) is 0 Å². The third-order valence-electron chi connectivity index (χ3n) is 3.88. The molecule has 1 aromatic rings. The van der Waals surface area contributed by atoms with Gasteiger partial charge in [0.05, 0.1) is 5.70 Å². The molecule has 3 rings (SSSR count). The molecule has 1 amide bonds. The lowest BCUT2D eigenvalue weighted by atomic mass is 9.87. The van der Waals surface area contributed by atoms with Crippen molar-refractivity contribution >= 4 is 11.6 Å². The SMILES string of the molecule is CCC1CC2=C(c3ccccc3OC2)N(C)C1=O. The third kappa shape index (κ3) is 1.54. The van der Waals surface area contributed by atoms with Gasteiger partial charge in [-0.15, -0.1) is 0 Å². The highest BCUT2D eigenvalue weighted by Gasteiger charge is 2.35. The van der Waals surface area contributed by atoms with Crippen LogP contribution in [0.3, 0.4) is 0 Å². The van der Waals surface area contributed by atoms with Gasteiger partial charge >= 0.3 is 0 Å². The Bertz CT molecular complexity index is 533. The summed E-state index contributed by atoms with van der Waals surface area (Å²) < 4.78 is 5.77. The molecule has 18 heavy (non-hydrogen) atoms. The van der Waals surface area contributed by atoms with Gasteiger partial charge in [0.15, 0.2) is 0 Å². The van der Waals surface area contributed by atoms with Crippen LogP contribution in [0.1, 0.15) is 25.3 Å². The topological polar surface area (TPSA) is 29.5 Å². The quantitative estimate of drug-likeness (QED) is 0.759. The lowest BCUT2D eigenvalue weighted by Gasteiger charge is -2.36. The van der Waals surface area contributed by atoms with Crippen molar-refractivity contribution in [1.82, 2.24) is 4.90 Å². The Morgan fingerprint density at radius 1 is 1.39 bits per heavy atom. The van der Waals surface area contributed by atoms with E-state index in [0.717, 1.165) is 29.9 Å². The van der Waals surface area contributed by atoms with Crippen LogP contribution in [0.15, 0.2) is 29.8 Å². The number of nitrogens with zero attached hydrogens (tertiary/aromatic N) is 1. The summed E-state index contributed by atoms with van der Waals surface area (Å²) in [6.07, 6.45) is 1.73. The van der Waals surface area contributed by atoms with Gasteiger partial charge in [0.25, 0.3) is 0 Å². The van der Waals surface area contributed by atoms with Crippen molar-refractivity contribution in [2.24, 2.45) is 5.92 Å². The molecule has 94 valence electrons. The standard InChI is InChI=1S/C15H17NO2/c1-3-10-8-11-9-18-13-7-5-4-6-12(13)14(11)16(2)15(10)17/h4-7,10H,3,8-9H2,1-2H3. The Balaban J connectivity index is 2.11. The van der Waals surface area contributed by atoms with E-state index in [1.54, 1.807) is 0 Å². The van der Waals surface area contributed by atoms with Crippen molar-refractivity contribution < 1.29 is 9.53 Å². The number of hydrogen-bond donors (Lipinski definition) is 0. The van der Waals surface area contributed by atoms with E-state index in [-0.39, 0.29) is 11.8 Å². The van der Waals surface area contributed by atoms with Crippen molar-refractivity contribution in [2.45, 2.75) is 19.8 Å². The number of benzene rings is 1. The third-order valence-corrected chi connectivity index (χ3v) is 3.88. The number of para-hydroxylation sites is 1. The van der Waals surface area contributed by atoms with Crippen molar-refractivity contribution in [2.75, 3.05) is 13.7 Å². The second kappa shape index (κ2) is 4.16. The number of carbonyl (C=O) groups is 1. The highest BCUT2D eigenvalue weighted by atomic mass is 16.5. The predicted octanol–water partition coefficient (Wildman–Crippen LogP) is 2.68. The van der Waals surface area contributed by atoms with Crippen molar-refractivity contribution in [3.63, 3.8) is 0 Å². The molecule has 0 fully saturated rings. The number of hydrogen-bond acceptors (Lipinski definition) is 2. The minimum absolute atomic E-state index is 0.114. The van der Waals surface area contributed by atoms with E-state index in [1.165, 1.54) is 5.57 Å². The number of amides is 1. The summed E-state index contributed by atoms with van der Waals surface area (Å²) in [6, 6.07) is 7.94. The maximum Gasteiger partial charge on any atom is 0.230 e. The first kappa shape index (κ1) is 11.3. The second-order valence-corrected chi connectivity index (χ2v) is 4.94. The summed E-state index contributed by atoms with van der Waals surface area (Å²) in [7, 11) is 1.88. The summed E-state index contributed by atoms with van der Waals surface area (Å²) in [6.45, 7) is 2.68. The van der Waals surface area contributed by atoms with Gasteiger partial charge in [-0.25, -0.2) is 0 Å². The monoisotopic (exact) mass is 243 g/mol. The number of fused-ring (bicyclic) bond motifs is 2. The highest BCUT2D eigenvalue weighted by Crippen LogP contribution is 2.40. The van der Waals surface area contributed by atoms with Gasteiger partial charge in [0.2, 0.25) is 5.91 Å². The molecule has 0 aromatic heterocycles. The van der Waals surface area contributed by atoms with Crippen LogP contribution in [0.2, 0.25) is 0 Å². The molecule has 0 saturated carbocycles. The normalized spacial score (nSPS) is 22.4. The van der Waals surface area contributed by atoms with Gasteiger partial charge in [-0.1, -0.05) is 19.1 Å². The fourth-order valence-corrected chi connectivity index (χ4v) is 2.87. The van der Waals surface area contributed by atoms with Crippen LogP contribution < -0.4 is 4.74 Å². The van der Waals surface area contributed by atoms with E-state index in [4.69, 9.17) is 4.74 Å². The summed E-state index contributed by atoms with van der Waals surface area (Å²) in [4.78, 5) is 14.1. The van der Waals surface area contributed by atoms with Crippen LogP contribution in [0.4, 0.5) is 0 Å². The Kier molecular flexibility index (Phi) is 2.62. The number of carbonyl (C=O) groups excluding carboxylic acids is 1. The van der Waals surface area contributed by atoms with Gasteiger partial charge in [0, 0.05) is 18.5 Å². The lowest BCUT2D eigenvalue weighted by molar-refractivity contribution is -0.132. The molecule has 2 aliphatic heterocycles. The first-order valence-corrected chi connectivity index (χ1v) is 6.44. The van der Waals surface area contributed by atoms with E-state index < -0.39 is 0 Å². The second-order valence-electron chi connectivity index (χ2n) is 4.94. The molecule has 0 bridgehead atoms. The molecule has 2 heterocycles. The zero-order valence-electron chi connectivity index (χ0n) is 10.8. The average molecular weight is 243 g/mol. The average Bonchev–Trinajstić information content (AvgIpc) is 2.42. The fraction of sp³-hybridized carbons (Fsp3) is 0.400. The molecule has 1 unspecified atom stereocenters. The van der Waals surface area contributed by atoms with Crippen molar-refractivity contribution in [3.8, 4) is 5.75 Å². The molecular formula is C15H17NO2. The molecule has 1 aromatic carbocycles. The van der Waals surface area contributed by atoms with Gasteiger partial charge in [0.1, 0.15) is 12.4 Å². The van der Waals surface area contributed by atoms with Crippen molar-refractivity contribution in [3.05, 3.63) is 35.4 Å². The molecule has 3 heteroatoms. The number of rotatable bonds is 1. The van der Waals surface area contributed by atoms with Gasteiger partial charge in [-0.2, -0.15) is 0 Å². The maximum absolute atomic E-state index is 12.3. The Hall–Kier alpha value is -1.77. The van der Waals surface area contributed by atoms with Gasteiger partial charge in [-0.3, -0.25) is 4.79 Å². The summed E-state index contributed by atoms with van der Waals surface area (Å²) >= 11 is 0. The zero-order chi connectivity index (χ0) is 12.7. The first-order valence-electron chi connectivity index (χ1n) is 6.44. The lowest BCUT2D eigenvalue weighted by Crippen LogP contribution is -2.38. The molecule has 3 nitrogen and oxygen atoms in total. The Morgan fingerprint density at radius 2 is 2.17 bits per heavy atom. The smallest absolute Gasteiger partial charge is 0.230 e. The molecule has 1 atom stereocenters. The largest absolute Gasteiger partial charge is 0.488 e. The van der Waals surface area contributed by atoms with Crippen LogP contribution in [-0.2, 0) is 4.79 Å². The van der Waals surface area contributed by atoms with E-state index in [0.29, 0.717) is 6.61 Å². The van der Waals surface area contributed by atoms with Gasteiger partial charge in [-0.05, 0) is 30.5 Å². The zero-order valence-corrected chi connectivity index (χ0v) is 10.8. The van der Waals surface area contributed by atoms with E-state index in [9.17, 15) is 4.79 Å². The van der Waals surface area contributed by atoms with Crippen LogP contribution >= 0.6 is 0 Å². The molecular weight excluding hydrogens is 226 g/mol. The minimum atomic E-state index is 0.114. The molecule has 2 aliphatic rings. The van der Waals surface area contributed by atoms with Crippen LogP contribution in [0.5, 0.6) is 5.75 Å². The van der Waals surface area contributed by atoms with Crippen LogP contribution in [-0.4, -0.2) is 24.5 Å². The molecule has 0 saturated heterocycles. The Labute approximate surface area is 107 Å². The molecule has 0 radical (unpaired) electrons. The highest BCUT2D eigenvalue weighted by molar-refractivity contribution is 5.93. The summed E-state index contributed by atoms with van der Waals surface area (Å²) in [5, 5.41) is 0.